The van der Waals surface area contributed by atoms with Crippen LogP contribution in [0.3, 0.4) is 0 Å². The summed E-state index contributed by atoms with van der Waals surface area (Å²) in [6.07, 6.45) is 0. The molecular weight excluding hydrogens is 270 g/mol. The van der Waals surface area contributed by atoms with Crippen LogP contribution in [-0.4, -0.2) is 10.5 Å². The van der Waals surface area contributed by atoms with Gasteiger partial charge in [0.05, 0.1) is 11.2 Å². The van der Waals surface area contributed by atoms with Crippen LogP contribution in [0.4, 0.5) is 0 Å². The van der Waals surface area contributed by atoms with Gasteiger partial charge in [-0.1, -0.05) is 48.5 Å². The van der Waals surface area contributed by atoms with E-state index in [-0.39, 0.29) is 0 Å². The second-order valence-corrected chi connectivity index (χ2v) is 5.52. The highest BCUT2D eigenvalue weighted by molar-refractivity contribution is 5.98. The second-order valence-electron chi connectivity index (χ2n) is 5.52. The van der Waals surface area contributed by atoms with Gasteiger partial charge < -0.3 is 0 Å². The molecule has 2 nitrogen and oxygen atoms in total. The highest BCUT2D eigenvalue weighted by Gasteiger charge is 2.15. The first-order chi connectivity index (χ1) is 10.6. The quantitative estimate of drug-likeness (QED) is 0.498. The molecule has 0 amide bonds. The van der Waals surface area contributed by atoms with E-state index in [1.165, 1.54) is 5.56 Å². The van der Waals surface area contributed by atoms with E-state index in [0.717, 1.165) is 22.2 Å². The van der Waals surface area contributed by atoms with E-state index in [2.05, 4.69) is 37.6 Å². The van der Waals surface area contributed by atoms with Gasteiger partial charge in [-0.15, -0.1) is 0 Å². The van der Waals surface area contributed by atoms with Crippen molar-refractivity contribution >= 4 is 22.5 Å². The van der Waals surface area contributed by atoms with Crippen LogP contribution in [0.2, 0.25) is 0 Å². The van der Waals surface area contributed by atoms with Gasteiger partial charge >= 0.3 is 0 Å². The predicted molar refractivity (Wildman–Crippen MR) is 92.3 cm³/mol. The Balaban J connectivity index is 2.41. The first-order valence-corrected chi connectivity index (χ1v) is 7.20. The van der Waals surface area contributed by atoms with Crippen LogP contribution in [-0.2, 0) is 4.79 Å². The minimum absolute atomic E-state index is 0.470. The third-order valence-electron chi connectivity index (χ3n) is 3.75. The molecule has 0 aliphatic heterocycles. The van der Waals surface area contributed by atoms with Crippen LogP contribution in [0, 0.1) is 6.92 Å². The molecule has 0 atom stereocenters. The third kappa shape index (κ3) is 2.30. The number of benzene rings is 2. The zero-order chi connectivity index (χ0) is 15.7. The Kier molecular flexibility index (Phi) is 3.54. The monoisotopic (exact) mass is 287 g/mol. The van der Waals surface area contributed by atoms with E-state index in [1.54, 1.807) is 0 Å². The molecule has 3 aromatic rings. The van der Waals surface area contributed by atoms with Gasteiger partial charge in [0.2, 0.25) is 0 Å². The number of aromatic nitrogens is 1. The number of allylic oxidation sites excluding steroid dienone is 2. The summed E-state index contributed by atoms with van der Waals surface area (Å²) in [5, 5.41) is 1.10. The number of aryl methyl sites for hydroxylation is 1. The summed E-state index contributed by atoms with van der Waals surface area (Å²) < 4.78 is 1.94. The third-order valence-corrected chi connectivity index (χ3v) is 3.75. The van der Waals surface area contributed by atoms with E-state index in [1.807, 2.05) is 47.9 Å². The molecule has 0 N–H and O–H groups in total. The summed E-state index contributed by atoms with van der Waals surface area (Å²) in [4.78, 5) is 11.5. The second kappa shape index (κ2) is 5.51. The molecule has 2 aromatic carbocycles. The van der Waals surface area contributed by atoms with Crippen molar-refractivity contribution in [3.63, 3.8) is 0 Å². The minimum Gasteiger partial charge on any atom is -0.300 e. The average Bonchev–Trinajstić information content (AvgIpc) is 2.87. The van der Waals surface area contributed by atoms with Gasteiger partial charge in [-0.25, -0.2) is 4.79 Å². The van der Waals surface area contributed by atoms with Crippen molar-refractivity contribution in [3.05, 3.63) is 72.3 Å². The Bertz CT molecular complexity index is 910. The van der Waals surface area contributed by atoms with Crippen LogP contribution in [0.25, 0.3) is 27.9 Å². The standard InChI is InChI=1S/C20H17NO/c1-14(2)20(13-22)21-18-10-9-15(3)11-17(18)12-19(21)16-7-5-4-6-8-16/h4-12H,1H2,2-3H3. The van der Waals surface area contributed by atoms with Crippen LogP contribution < -0.4 is 0 Å². The Morgan fingerprint density at radius 1 is 1.09 bits per heavy atom. The van der Waals surface area contributed by atoms with Crippen molar-refractivity contribution in [2.75, 3.05) is 0 Å². The molecule has 0 unspecified atom stereocenters. The van der Waals surface area contributed by atoms with Crippen LogP contribution in [0.5, 0.6) is 0 Å². The molecule has 0 spiro atoms. The highest BCUT2D eigenvalue weighted by atomic mass is 16.1. The van der Waals surface area contributed by atoms with Crippen molar-refractivity contribution in [2.45, 2.75) is 13.8 Å². The molecule has 0 aliphatic carbocycles. The van der Waals surface area contributed by atoms with Gasteiger partial charge in [0, 0.05) is 5.39 Å². The van der Waals surface area contributed by atoms with Crippen LogP contribution >= 0.6 is 0 Å². The Hall–Kier alpha value is -2.83. The van der Waals surface area contributed by atoms with E-state index in [4.69, 9.17) is 0 Å². The molecule has 0 saturated carbocycles. The Morgan fingerprint density at radius 3 is 2.45 bits per heavy atom. The van der Waals surface area contributed by atoms with Crippen molar-refractivity contribution in [2.24, 2.45) is 0 Å². The first-order valence-electron chi connectivity index (χ1n) is 7.20. The summed E-state index contributed by atoms with van der Waals surface area (Å²) in [5.74, 6) is 2.05. The molecule has 2 heteroatoms. The Morgan fingerprint density at radius 2 is 1.82 bits per heavy atom. The van der Waals surface area contributed by atoms with Gasteiger partial charge in [-0.2, -0.15) is 0 Å². The highest BCUT2D eigenvalue weighted by Crippen LogP contribution is 2.32. The van der Waals surface area contributed by atoms with Gasteiger partial charge in [-0.05, 0) is 43.2 Å². The molecule has 0 fully saturated rings. The average molecular weight is 287 g/mol. The molecule has 1 aromatic heterocycles. The SMILES string of the molecule is C=C(C)C(=C=O)n1c(-c2ccccc2)cc2cc(C)ccc21. The topological polar surface area (TPSA) is 22.0 Å². The largest absolute Gasteiger partial charge is 0.300 e. The summed E-state index contributed by atoms with van der Waals surface area (Å²) in [7, 11) is 0. The van der Waals surface area contributed by atoms with Crippen molar-refractivity contribution in [3.8, 4) is 11.3 Å². The predicted octanol–water partition coefficient (Wildman–Crippen LogP) is 4.87. The maximum atomic E-state index is 11.5. The molecule has 22 heavy (non-hydrogen) atoms. The van der Waals surface area contributed by atoms with E-state index in [9.17, 15) is 4.79 Å². The first kappa shape index (κ1) is 14.1. The van der Waals surface area contributed by atoms with Gasteiger partial charge in [0.25, 0.3) is 0 Å². The summed E-state index contributed by atoms with van der Waals surface area (Å²) in [5.41, 5.74) is 5.39. The normalized spacial score (nSPS) is 10.5. The lowest BCUT2D eigenvalue weighted by Gasteiger charge is -2.12. The van der Waals surface area contributed by atoms with Gasteiger partial charge in [-0.3, -0.25) is 4.57 Å². The molecule has 108 valence electrons. The molecule has 1 heterocycles. The van der Waals surface area contributed by atoms with E-state index < -0.39 is 0 Å². The molecule has 3 rings (SSSR count). The zero-order valence-electron chi connectivity index (χ0n) is 12.8. The van der Waals surface area contributed by atoms with E-state index >= 15 is 0 Å². The Labute approximate surface area is 130 Å². The van der Waals surface area contributed by atoms with Crippen molar-refractivity contribution < 1.29 is 4.79 Å². The molecule has 0 bridgehead atoms. The minimum atomic E-state index is 0.470. The van der Waals surface area contributed by atoms with Crippen LogP contribution in [0.1, 0.15) is 12.5 Å². The maximum Gasteiger partial charge on any atom is 0.151 e. The number of hydrogen-bond donors (Lipinski definition) is 0. The van der Waals surface area contributed by atoms with Crippen molar-refractivity contribution in [1.29, 1.82) is 0 Å². The lowest BCUT2D eigenvalue weighted by molar-refractivity contribution is 0.568. The molecule has 0 radical (unpaired) electrons. The van der Waals surface area contributed by atoms with Gasteiger partial charge in [0.1, 0.15) is 5.70 Å². The molecule has 0 aliphatic rings. The summed E-state index contributed by atoms with van der Waals surface area (Å²) in [6, 6.07) is 18.4. The number of hydrogen-bond acceptors (Lipinski definition) is 1. The fraction of sp³-hybridized carbons (Fsp3) is 0.100. The lowest BCUT2D eigenvalue weighted by Crippen LogP contribution is -2.01. The summed E-state index contributed by atoms with van der Waals surface area (Å²) in [6.45, 7) is 7.81. The fourth-order valence-electron chi connectivity index (χ4n) is 2.72. The number of nitrogens with zero attached hydrogens (tertiary/aromatic N) is 1. The zero-order valence-corrected chi connectivity index (χ0v) is 12.8. The number of rotatable bonds is 3. The van der Waals surface area contributed by atoms with E-state index in [0.29, 0.717) is 11.3 Å². The van der Waals surface area contributed by atoms with Gasteiger partial charge in [0.15, 0.2) is 5.94 Å². The van der Waals surface area contributed by atoms with Crippen molar-refractivity contribution in [1.82, 2.24) is 4.57 Å². The number of fused-ring (bicyclic) bond motifs is 1. The fourth-order valence-corrected chi connectivity index (χ4v) is 2.72. The molecular formula is C20H17NO. The number of carbonyl (C=O) groups excluding carboxylic acids is 1. The molecule has 0 saturated heterocycles. The van der Waals surface area contributed by atoms with Crippen LogP contribution in [0.15, 0.2) is 66.7 Å². The lowest BCUT2D eigenvalue weighted by atomic mass is 10.1. The smallest absolute Gasteiger partial charge is 0.151 e. The maximum absolute atomic E-state index is 11.5. The summed E-state index contributed by atoms with van der Waals surface area (Å²) >= 11 is 0.